The van der Waals surface area contributed by atoms with E-state index in [-0.39, 0.29) is 0 Å². The highest BCUT2D eigenvalue weighted by Gasteiger charge is 2.03. The zero-order chi connectivity index (χ0) is 11.1. The lowest BCUT2D eigenvalue weighted by Gasteiger charge is -2.07. The van der Waals surface area contributed by atoms with Gasteiger partial charge in [0.2, 0.25) is 0 Å². The van der Waals surface area contributed by atoms with Crippen LogP contribution in [0.5, 0.6) is 0 Å². The third kappa shape index (κ3) is 4.47. The number of hydrogen-bond donors (Lipinski definition) is 1. The Labute approximate surface area is 105 Å². The Hall–Kier alpha value is -0.150. The van der Waals surface area contributed by atoms with E-state index >= 15 is 0 Å². The molecule has 1 rings (SSSR count). The summed E-state index contributed by atoms with van der Waals surface area (Å²) in [5.41, 5.74) is 8.05. The molecule has 1 nitrogen and oxygen atoms in total. The Morgan fingerprint density at radius 1 is 1.33 bits per heavy atom. The Kier molecular flexibility index (Phi) is 6.18. The molecule has 0 radical (unpaired) electrons. The van der Waals surface area contributed by atoms with Gasteiger partial charge in [-0.3, -0.25) is 0 Å². The Morgan fingerprint density at radius 2 is 2.13 bits per heavy atom. The SMILES string of the molecule is CCCCCSCc1c(N)cccc1Br. The van der Waals surface area contributed by atoms with Crippen LogP contribution in [0, 0.1) is 0 Å². The smallest absolute Gasteiger partial charge is 0.0366 e. The lowest BCUT2D eigenvalue weighted by Crippen LogP contribution is -1.94. The molecule has 0 spiro atoms. The van der Waals surface area contributed by atoms with E-state index in [0.29, 0.717) is 0 Å². The van der Waals surface area contributed by atoms with Gasteiger partial charge in [0, 0.05) is 15.9 Å². The van der Waals surface area contributed by atoms with Crippen molar-refractivity contribution in [1.82, 2.24) is 0 Å². The average Bonchev–Trinajstić information content (AvgIpc) is 2.21. The number of thioether (sulfide) groups is 1. The van der Waals surface area contributed by atoms with E-state index in [9.17, 15) is 0 Å². The summed E-state index contributed by atoms with van der Waals surface area (Å²) in [5.74, 6) is 2.24. The van der Waals surface area contributed by atoms with Crippen LogP contribution in [0.3, 0.4) is 0 Å². The van der Waals surface area contributed by atoms with Gasteiger partial charge in [-0.15, -0.1) is 0 Å². The fraction of sp³-hybridized carbons (Fsp3) is 0.500. The fourth-order valence-electron chi connectivity index (χ4n) is 1.36. The van der Waals surface area contributed by atoms with Gasteiger partial charge >= 0.3 is 0 Å². The van der Waals surface area contributed by atoms with Crippen LogP contribution in [0.4, 0.5) is 5.69 Å². The molecule has 0 unspecified atom stereocenters. The van der Waals surface area contributed by atoms with Gasteiger partial charge in [0.05, 0.1) is 0 Å². The largest absolute Gasteiger partial charge is 0.398 e. The molecular weight excluding hydrogens is 270 g/mol. The normalized spacial score (nSPS) is 10.5. The summed E-state index contributed by atoms with van der Waals surface area (Å²) < 4.78 is 1.13. The topological polar surface area (TPSA) is 26.0 Å². The van der Waals surface area contributed by atoms with Crippen molar-refractivity contribution >= 4 is 33.4 Å². The number of rotatable bonds is 6. The molecule has 0 aromatic heterocycles. The number of nitrogen functional groups attached to an aromatic ring is 1. The number of unbranched alkanes of at least 4 members (excludes halogenated alkanes) is 2. The van der Waals surface area contributed by atoms with Crippen molar-refractivity contribution in [2.45, 2.75) is 31.9 Å². The second kappa shape index (κ2) is 7.18. The van der Waals surface area contributed by atoms with Gasteiger partial charge in [-0.1, -0.05) is 41.8 Å². The predicted molar refractivity (Wildman–Crippen MR) is 74.2 cm³/mol. The highest BCUT2D eigenvalue weighted by Crippen LogP contribution is 2.27. The molecule has 84 valence electrons. The lowest BCUT2D eigenvalue weighted by molar-refractivity contribution is 0.778. The van der Waals surface area contributed by atoms with Gasteiger partial charge in [0.15, 0.2) is 0 Å². The maximum Gasteiger partial charge on any atom is 0.0366 e. The number of anilines is 1. The Morgan fingerprint density at radius 3 is 2.80 bits per heavy atom. The molecule has 0 aliphatic carbocycles. The van der Waals surface area contributed by atoms with Crippen molar-refractivity contribution in [3.63, 3.8) is 0 Å². The third-order valence-electron chi connectivity index (χ3n) is 2.29. The van der Waals surface area contributed by atoms with E-state index in [1.165, 1.54) is 30.6 Å². The third-order valence-corrected chi connectivity index (χ3v) is 4.11. The first-order valence-electron chi connectivity index (χ1n) is 5.36. The summed E-state index contributed by atoms with van der Waals surface area (Å²) in [7, 11) is 0. The first kappa shape index (κ1) is 12.9. The van der Waals surface area contributed by atoms with Gasteiger partial charge in [0.25, 0.3) is 0 Å². The molecule has 15 heavy (non-hydrogen) atoms. The van der Waals surface area contributed by atoms with Gasteiger partial charge in [-0.2, -0.15) is 11.8 Å². The summed E-state index contributed by atoms with van der Waals surface area (Å²) in [5, 5.41) is 0. The molecule has 0 amide bonds. The molecule has 1 aromatic carbocycles. The molecule has 0 heterocycles. The predicted octanol–water partition coefficient (Wildman–Crippen LogP) is 4.45. The molecule has 0 saturated carbocycles. The maximum atomic E-state index is 5.92. The van der Waals surface area contributed by atoms with E-state index in [4.69, 9.17) is 5.73 Å². The molecule has 0 bridgehead atoms. The van der Waals surface area contributed by atoms with Crippen LogP contribution in [0.1, 0.15) is 31.7 Å². The highest BCUT2D eigenvalue weighted by molar-refractivity contribution is 9.10. The van der Waals surface area contributed by atoms with Crippen LogP contribution in [-0.4, -0.2) is 5.75 Å². The molecular formula is C12H18BrNS. The van der Waals surface area contributed by atoms with Crippen molar-refractivity contribution in [1.29, 1.82) is 0 Å². The van der Waals surface area contributed by atoms with Crippen LogP contribution >= 0.6 is 27.7 Å². The second-order valence-electron chi connectivity index (χ2n) is 3.57. The summed E-state index contributed by atoms with van der Waals surface area (Å²) in [6.07, 6.45) is 3.93. The number of benzene rings is 1. The monoisotopic (exact) mass is 287 g/mol. The van der Waals surface area contributed by atoms with Crippen LogP contribution in [0.15, 0.2) is 22.7 Å². The molecule has 2 N–H and O–H groups in total. The zero-order valence-corrected chi connectivity index (χ0v) is 11.5. The molecule has 0 atom stereocenters. The van der Waals surface area contributed by atoms with Crippen LogP contribution in [-0.2, 0) is 5.75 Å². The summed E-state index contributed by atoms with van der Waals surface area (Å²) in [6.45, 7) is 2.23. The molecule has 0 fully saturated rings. The molecule has 3 heteroatoms. The molecule has 0 saturated heterocycles. The number of halogens is 1. The zero-order valence-electron chi connectivity index (χ0n) is 9.13. The minimum absolute atomic E-state index is 0.896. The van der Waals surface area contributed by atoms with Crippen LogP contribution in [0.25, 0.3) is 0 Å². The molecule has 0 aliphatic rings. The Bertz CT molecular complexity index is 281. The van der Waals surface area contributed by atoms with E-state index < -0.39 is 0 Å². The molecule has 1 aromatic rings. The summed E-state index contributed by atoms with van der Waals surface area (Å²) in [4.78, 5) is 0. The van der Waals surface area contributed by atoms with Gasteiger partial charge in [-0.25, -0.2) is 0 Å². The van der Waals surface area contributed by atoms with E-state index in [1.54, 1.807) is 0 Å². The standard InChI is InChI=1S/C12H18BrNS/c1-2-3-4-8-15-9-10-11(13)6-5-7-12(10)14/h5-7H,2-4,8-9,14H2,1H3. The minimum atomic E-state index is 0.896. The van der Waals surface area contributed by atoms with Gasteiger partial charge < -0.3 is 5.73 Å². The summed E-state index contributed by atoms with van der Waals surface area (Å²) >= 11 is 5.50. The quantitative estimate of drug-likeness (QED) is 0.618. The fourth-order valence-corrected chi connectivity index (χ4v) is 3.14. The van der Waals surface area contributed by atoms with Crippen molar-refractivity contribution in [2.75, 3.05) is 11.5 Å². The van der Waals surface area contributed by atoms with Crippen molar-refractivity contribution in [3.8, 4) is 0 Å². The minimum Gasteiger partial charge on any atom is -0.398 e. The summed E-state index contributed by atoms with van der Waals surface area (Å²) in [6, 6.07) is 6.00. The van der Waals surface area contributed by atoms with E-state index in [0.717, 1.165) is 15.9 Å². The highest BCUT2D eigenvalue weighted by atomic mass is 79.9. The maximum absolute atomic E-state index is 5.92. The van der Waals surface area contributed by atoms with E-state index in [1.807, 2.05) is 23.9 Å². The van der Waals surface area contributed by atoms with E-state index in [2.05, 4.69) is 28.9 Å². The first-order chi connectivity index (χ1) is 7.25. The van der Waals surface area contributed by atoms with Crippen molar-refractivity contribution in [3.05, 3.63) is 28.2 Å². The van der Waals surface area contributed by atoms with Crippen molar-refractivity contribution < 1.29 is 0 Å². The number of nitrogens with two attached hydrogens (primary N) is 1. The first-order valence-corrected chi connectivity index (χ1v) is 7.31. The van der Waals surface area contributed by atoms with Crippen molar-refractivity contribution in [2.24, 2.45) is 0 Å². The second-order valence-corrected chi connectivity index (χ2v) is 5.53. The van der Waals surface area contributed by atoms with Gasteiger partial charge in [-0.05, 0) is 29.9 Å². The molecule has 0 aliphatic heterocycles. The Balaban J connectivity index is 2.37. The van der Waals surface area contributed by atoms with Gasteiger partial charge in [0.1, 0.15) is 0 Å². The number of hydrogen-bond acceptors (Lipinski definition) is 2. The van der Waals surface area contributed by atoms with Crippen LogP contribution in [0.2, 0.25) is 0 Å². The average molecular weight is 288 g/mol. The lowest BCUT2D eigenvalue weighted by atomic mass is 10.2. The van der Waals surface area contributed by atoms with Crippen LogP contribution < -0.4 is 5.73 Å².